The molecule has 0 amide bonds. The molecule has 2 heteroatoms. The van der Waals surface area contributed by atoms with E-state index in [2.05, 4.69) is 0 Å². The Morgan fingerprint density at radius 1 is 1.17 bits per heavy atom. The molecule has 0 spiro atoms. The van der Waals surface area contributed by atoms with E-state index in [9.17, 15) is 4.79 Å². The molecule has 0 bridgehead atoms. The molecule has 2 aromatic rings. The summed E-state index contributed by atoms with van der Waals surface area (Å²) in [5, 5.41) is 0.997. The van der Waals surface area contributed by atoms with Gasteiger partial charge in [-0.2, -0.15) is 0 Å². The average molecular weight is 160 g/mol. The monoisotopic (exact) mass is 160 g/mol. The van der Waals surface area contributed by atoms with Crippen LogP contribution in [0.25, 0.3) is 11.0 Å². The zero-order valence-corrected chi connectivity index (χ0v) is 6.70. The summed E-state index contributed by atoms with van der Waals surface area (Å²) < 4.78 is 4.99. The standard InChI is InChI=1S/C10H8O2/c1-7-3-2-4-9-8(7)5-6-10(11)12-9/h2-6H,1H3. The van der Waals surface area contributed by atoms with Gasteiger partial charge in [-0.3, -0.25) is 0 Å². The Bertz CT molecular complexity index is 468. The van der Waals surface area contributed by atoms with Gasteiger partial charge in [0, 0.05) is 11.5 Å². The van der Waals surface area contributed by atoms with Gasteiger partial charge in [0.2, 0.25) is 0 Å². The van der Waals surface area contributed by atoms with E-state index in [1.165, 1.54) is 6.07 Å². The number of fused-ring (bicyclic) bond motifs is 1. The van der Waals surface area contributed by atoms with E-state index in [1.807, 2.05) is 19.1 Å². The van der Waals surface area contributed by atoms with Crippen molar-refractivity contribution in [2.45, 2.75) is 6.92 Å². The Kier molecular flexibility index (Phi) is 1.47. The maximum absolute atomic E-state index is 10.8. The molecule has 0 aliphatic carbocycles. The minimum Gasteiger partial charge on any atom is -0.423 e. The number of benzene rings is 1. The molecule has 0 saturated heterocycles. The fraction of sp³-hybridized carbons (Fsp3) is 0.100. The third-order valence-electron chi connectivity index (χ3n) is 1.88. The van der Waals surface area contributed by atoms with Crippen LogP contribution in [0.2, 0.25) is 0 Å². The molecule has 0 aliphatic heterocycles. The minimum atomic E-state index is -0.298. The van der Waals surface area contributed by atoms with Crippen molar-refractivity contribution in [1.29, 1.82) is 0 Å². The normalized spacial score (nSPS) is 10.4. The molecule has 0 saturated carbocycles. The Morgan fingerprint density at radius 2 is 2.00 bits per heavy atom. The molecular weight excluding hydrogens is 152 g/mol. The zero-order chi connectivity index (χ0) is 8.55. The first-order valence-corrected chi connectivity index (χ1v) is 3.77. The molecular formula is C10H8O2. The molecule has 0 atom stereocenters. The van der Waals surface area contributed by atoms with Gasteiger partial charge >= 0.3 is 5.63 Å². The third-order valence-corrected chi connectivity index (χ3v) is 1.88. The number of hydrogen-bond acceptors (Lipinski definition) is 2. The van der Waals surface area contributed by atoms with Gasteiger partial charge in [-0.15, -0.1) is 0 Å². The van der Waals surface area contributed by atoms with E-state index >= 15 is 0 Å². The first kappa shape index (κ1) is 7.10. The largest absolute Gasteiger partial charge is 0.423 e. The maximum atomic E-state index is 10.8. The molecule has 0 N–H and O–H groups in total. The maximum Gasteiger partial charge on any atom is 0.336 e. The predicted molar refractivity (Wildman–Crippen MR) is 47.2 cm³/mol. The van der Waals surface area contributed by atoms with Crippen LogP contribution in [0.15, 0.2) is 39.5 Å². The van der Waals surface area contributed by atoms with Crippen LogP contribution in [0.4, 0.5) is 0 Å². The lowest BCUT2D eigenvalue weighted by Gasteiger charge is -1.97. The van der Waals surface area contributed by atoms with Crippen LogP contribution in [-0.4, -0.2) is 0 Å². The molecule has 2 nitrogen and oxygen atoms in total. The van der Waals surface area contributed by atoms with Gasteiger partial charge in [0.25, 0.3) is 0 Å². The summed E-state index contributed by atoms with van der Waals surface area (Å²) in [6, 6.07) is 8.89. The van der Waals surface area contributed by atoms with Crippen molar-refractivity contribution in [3.8, 4) is 0 Å². The summed E-state index contributed by atoms with van der Waals surface area (Å²) in [6.07, 6.45) is 0. The van der Waals surface area contributed by atoms with Crippen LogP contribution in [0.5, 0.6) is 0 Å². The van der Waals surface area contributed by atoms with E-state index in [4.69, 9.17) is 4.42 Å². The SMILES string of the molecule is Cc1cccc2oc(=O)ccc12. The lowest BCUT2D eigenvalue weighted by atomic mass is 10.1. The molecule has 1 heterocycles. The molecule has 12 heavy (non-hydrogen) atoms. The molecule has 2 rings (SSSR count). The van der Waals surface area contributed by atoms with Crippen molar-refractivity contribution in [3.63, 3.8) is 0 Å². The zero-order valence-electron chi connectivity index (χ0n) is 6.70. The molecule has 1 aromatic heterocycles. The smallest absolute Gasteiger partial charge is 0.336 e. The van der Waals surface area contributed by atoms with Crippen LogP contribution in [0, 0.1) is 6.92 Å². The second-order valence-electron chi connectivity index (χ2n) is 2.74. The Morgan fingerprint density at radius 3 is 2.83 bits per heavy atom. The molecule has 0 aliphatic rings. The summed E-state index contributed by atoms with van der Waals surface area (Å²) in [6.45, 7) is 1.99. The summed E-state index contributed by atoms with van der Waals surface area (Å²) in [5.41, 5.74) is 1.48. The van der Waals surface area contributed by atoms with E-state index in [0.29, 0.717) is 5.58 Å². The van der Waals surface area contributed by atoms with Gasteiger partial charge in [0.15, 0.2) is 0 Å². The van der Waals surface area contributed by atoms with Crippen molar-refractivity contribution >= 4 is 11.0 Å². The van der Waals surface area contributed by atoms with Gasteiger partial charge in [0.05, 0.1) is 0 Å². The van der Waals surface area contributed by atoms with Gasteiger partial charge < -0.3 is 4.42 Å². The first-order chi connectivity index (χ1) is 5.77. The van der Waals surface area contributed by atoms with Crippen molar-refractivity contribution < 1.29 is 4.42 Å². The molecule has 0 fully saturated rings. The quantitative estimate of drug-likeness (QED) is 0.552. The molecule has 0 radical (unpaired) electrons. The van der Waals surface area contributed by atoms with Crippen LogP contribution < -0.4 is 5.63 Å². The van der Waals surface area contributed by atoms with Crippen molar-refractivity contribution in [2.24, 2.45) is 0 Å². The van der Waals surface area contributed by atoms with E-state index in [0.717, 1.165) is 10.9 Å². The first-order valence-electron chi connectivity index (χ1n) is 3.77. The highest BCUT2D eigenvalue weighted by atomic mass is 16.4. The minimum absolute atomic E-state index is 0.298. The number of rotatable bonds is 0. The summed E-state index contributed by atoms with van der Waals surface area (Å²) >= 11 is 0. The second-order valence-corrected chi connectivity index (χ2v) is 2.74. The Hall–Kier alpha value is -1.57. The lowest BCUT2D eigenvalue weighted by Crippen LogP contribution is -1.94. The third kappa shape index (κ3) is 1.01. The molecule has 60 valence electrons. The summed E-state index contributed by atoms with van der Waals surface area (Å²) in [4.78, 5) is 10.8. The average Bonchev–Trinajstić information content (AvgIpc) is 2.04. The number of hydrogen-bond donors (Lipinski definition) is 0. The fourth-order valence-electron chi connectivity index (χ4n) is 1.25. The summed E-state index contributed by atoms with van der Waals surface area (Å²) in [5.74, 6) is 0. The van der Waals surface area contributed by atoms with Gasteiger partial charge in [-0.25, -0.2) is 4.79 Å². The fourth-order valence-corrected chi connectivity index (χ4v) is 1.25. The van der Waals surface area contributed by atoms with Gasteiger partial charge in [0.1, 0.15) is 5.58 Å². The van der Waals surface area contributed by atoms with Crippen LogP contribution in [-0.2, 0) is 0 Å². The number of aryl methyl sites for hydroxylation is 1. The Labute approximate surface area is 69.4 Å². The Balaban J connectivity index is 2.96. The highest BCUT2D eigenvalue weighted by molar-refractivity contribution is 5.79. The topological polar surface area (TPSA) is 30.2 Å². The van der Waals surface area contributed by atoms with Crippen molar-refractivity contribution in [1.82, 2.24) is 0 Å². The lowest BCUT2D eigenvalue weighted by molar-refractivity contribution is 0.561. The molecule has 0 unspecified atom stereocenters. The van der Waals surface area contributed by atoms with Crippen LogP contribution in [0.1, 0.15) is 5.56 Å². The highest BCUT2D eigenvalue weighted by Crippen LogP contribution is 2.14. The van der Waals surface area contributed by atoms with E-state index in [1.54, 1.807) is 12.1 Å². The van der Waals surface area contributed by atoms with E-state index in [-0.39, 0.29) is 5.63 Å². The van der Waals surface area contributed by atoms with Crippen molar-refractivity contribution in [3.05, 3.63) is 46.3 Å². The van der Waals surface area contributed by atoms with Crippen LogP contribution in [0.3, 0.4) is 0 Å². The highest BCUT2D eigenvalue weighted by Gasteiger charge is 1.97. The summed E-state index contributed by atoms with van der Waals surface area (Å²) in [7, 11) is 0. The van der Waals surface area contributed by atoms with E-state index < -0.39 is 0 Å². The molecule has 1 aromatic carbocycles. The van der Waals surface area contributed by atoms with Crippen LogP contribution >= 0.6 is 0 Å². The second kappa shape index (κ2) is 2.48. The predicted octanol–water partition coefficient (Wildman–Crippen LogP) is 2.10. The van der Waals surface area contributed by atoms with Gasteiger partial charge in [-0.05, 0) is 24.6 Å². The van der Waals surface area contributed by atoms with Gasteiger partial charge in [-0.1, -0.05) is 12.1 Å². The van der Waals surface area contributed by atoms with Crippen molar-refractivity contribution in [2.75, 3.05) is 0 Å².